The van der Waals surface area contributed by atoms with E-state index in [9.17, 15) is 5.11 Å². The number of allylic oxidation sites excluding steroid dienone is 4. The molecule has 136 valence electrons. The zero-order chi connectivity index (χ0) is 18.3. The fraction of sp³-hybridized carbons (Fsp3) is 0.381. The lowest BCUT2D eigenvalue weighted by atomic mass is 9.67. The van der Waals surface area contributed by atoms with Crippen LogP contribution in [0.4, 0.5) is 0 Å². The highest BCUT2D eigenvalue weighted by molar-refractivity contribution is 6.37. The number of halogens is 2. The second-order valence-electron chi connectivity index (χ2n) is 7.13. The van der Waals surface area contributed by atoms with Gasteiger partial charge in [0.25, 0.3) is 0 Å². The van der Waals surface area contributed by atoms with Crippen molar-refractivity contribution in [3.63, 3.8) is 0 Å². The SMILES string of the molecule is CN1C2=CC=CC3=C(Cl)N=C(c4ccccc4Cl)C23CCCC1CCO. The van der Waals surface area contributed by atoms with E-state index in [0.717, 1.165) is 42.5 Å². The summed E-state index contributed by atoms with van der Waals surface area (Å²) in [4.78, 5) is 7.11. The molecule has 1 saturated heterocycles. The first-order chi connectivity index (χ1) is 12.6. The quantitative estimate of drug-likeness (QED) is 0.747. The second-order valence-corrected chi connectivity index (χ2v) is 7.90. The molecule has 26 heavy (non-hydrogen) atoms. The van der Waals surface area contributed by atoms with Gasteiger partial charge in [-0.05, 0) is 37.8 Å². The Labute approximate surface area is 164 Å². The first-order valence-corrected chi connectivity index (χ1v) is 9.82. The minimum absolute atomic E-state index is 0.194. The van der Waals surface area contributed by atoms with Crippen molar-refractivity contribution < 1.29 is 5.11 Å². The van der Waals surface area contributed by atoms with Crippen LogP contribution in [0.2, 0.25) is 5.02 Å². The molecule has 1 spiro atoms. The van der Waals surface area contributed by atoms with Crippen LogP contribution in [0.1, 0.15) is 31.2 Å². The van der Waals surface area contributed by atoms with Gasteiger partial charge in [-0.3, -0.25) is 0 Å². The Morgan fingerprint density at radius 1 is 1.31 bits per heavy atom. The number of hydrogen-bond acceptors (Lipinski definition) is 3. The summed E-state index contributed by atoms with van der Waals surface area (Å²) in [7, 11) is 2.12. The number of aliphatic imine (C=N–C) groups is 1. The Hall–Kier alpha value is -1.55. The van der Waals surface area contributed by atoms with Crippen molar-refractivity contribution in [3.8, 4) is 0 Å². The first kappa shape index (κ1) is 17.8. The van der Waals surface area contributed by atoms with Crippen molar-refractivity contribution in [1.82, 2.24) is 4.90 Å². The van der Waals surface area contributed by atoms with Crippen LogP contribution in [0.5, 0.6) is 0 Å². The van der Waals surface area contributed by atoms with Crippen LogP contribution in [-0.2, 0) is 0 Å². The summed E-state index contributed by atoms with van der Waals surface area (Å²) in [6, 6.07) is 8.16. The van der Waals surface area contributed by atoms with E-state index in [2.05, 4.69) is 24.1 Å². The van der Waals surface area contributed by atoms with Crippen LogP contribution < -0.4 is 0 Å². The molecule has 1 aromatic rings. The van der Waals surface area contributed by atoms with Crippen LogP contribution in [0, 0.1) is 5.41 Å². The summed E-state index contributed by atoms with van der Waals surface area (Å²) in [5.74, 6) is 0. The zero-order valence-electron chi connectivity index (χ0n) is 14.8. The number of rotatable bonds is 3. The van der Waals surface area contributed by atoms with E-state index in [1.54, 1.807) is 0 Å². The minimum atomic E-state index is -0.365. The van der Waals surface area contributed by atoms with Crippen LogP contribution in [0.3, 0.4) is 0 Å². The normalized spacial score (nSPS) is 27.7. The Kier molecular flexibility index (Phi) is 4.72. The second kappa shape index (κ2) is 6.88. The first-order valence-electron chi connectivity index (χ1n) is 9.06. The molecular formula is C21H22Cl2N2O. The van der Waals surface area contributed by atoms with Gasteiger partial charge in [0.15, 0.2) is 0 Å². The molecular weight excluding hydrogens is 367 g/mol. The Morgan fingerprint density at radius 2 is 2.12 bits per heavy atom. The van der Waals surface area contributed by atoms with Crippen molar-refractivity contribution in [2.24, 2.45) is 10.4 Å². The number of aliphatic hydroxyl groups excluding tert-OH is 1. The van der Waals surface area contributed by atoms with E-state index in [1.807, 2.05) is 30.3 Å². The molecule has 0 aromatic heterocycles. The monoisotopic (exact) mass is 388 g/mol. The van der Waals surface area contributed by atoms with Crippen molar-refractivity contribution >= 4 is 28.9 Å². The number of hydrogen-bond donors (Lipinski definition) is 1. The van der Waals surface area contributed by atoms with Crippen LogP contribution in [0.15, 0.2) is 63.9 Å². The van der Waals surface area contributed by atoms with Gasteiger partial charge in [0.05, 0.1) is 11.1 Å². The van der Waals surface area contributed by atoms with Gasteiger partial charge in [-0.2, -0.15) is 0 Å². The Balaban J connectivity index is 1.89. The van der Waals surface area contributed by atoms with Gasteiger partial charge in [-0.1, -0.05) is 53.6 Å². The van der Waals surface area contributed by atoms with Gasteiger partial charge >= 0.3 is 0 Å². The molecule has 1 N–H and O–H groups in total. The molecule has 0 amide bonds. The largest absolute Gasteiger partial charge is 0.396 e. The van der Waals surface area contributed by atoms with Gasteiger partial charge in [0, 0.05) is 41.6 Å². The van der Waals surface area contributed by atoms with Gasteiger partial charge < -0.3 is 10.0 Å². The highest BCUT2D eigenvalue weighted by Crippen LogP contribution is 2.55. The van der Waals surface area contributed by atoms with E-state index in [4.69, 9.17) is 28.2 Å². The fourth-order valence-corrected chi connectivity index (χ4v) is 5.16. The van der Waals surface area contributed by atoms with Gasteiger partial charge in [0.2, 0.25) is 0 Å². The molecule has 2 aliphatic heterocycles. The highest BCUT2D eigenvalue weighted by Gasteiger charge is 2.51. The standard InChI is InChI=1S/C21H22Cl2N2O/c1-25-14(11-13-26)6-5-12-21-16(8-4-10-18(21)25)20(23)24-19(21)15-7-2-3-9-17(15)22/h2-4,7-10,14,26H,5-6,11-13H2,1H3. The molecule has 3 nitrogen and oxygen atoms in total. The van der Waals surface area contributed by atoms with Crippen LogP contribution in [0.25, 0.3) is 0 Å². The lowest BCUT2D eigenvalue weighted by Gasteiger charge is -2.42. The summed E-state index contributed by atoms with van der Waals surface area (Å²) in [6.45, 7) is 0.194. The summed E-state index contributed by atoms with van der Waals surface area (Å²) in [6.07, 6.45) is 10.1. The number of aliphatic hydroxyl groups is 1. The summed E-state index contributed by atoms with van der Waals surface area (Å²) in [5, 5.41) is 10.7. The molecule has 0 radical (unpaired) electrons. The number of nitrogens with zero attached hydrogens (tertiary/aromatic N) is 2. The molecule has 3 aliphatic rings. The van der Waals surface area contributed by atoms with Crippen molar-refractivity contribution in [1.29, 1.82) is 0 Å². The summed E-state index contributed by atoms with van der Waals surface area (Å²) in [5.41, 5.74) is 3.77. The molecule has 2 atom stereocenters. The molecule has 2 unspecified atom stereocenters. The molecule has 5 heteroatoms. The van der Waals surface area contributed by atoms with E-state index in [0.29, 0.717) is 16.2 Å². The van der Waals surface area contributed by atoms with Crippen LogP contribution >= 0.6 is 23.2 Å². The molecule has 2 heterocycles. The number of likely N-dealkylation sites (tertiary alicyclic amines) is 1. The smallest absolute Gasteiger partial charge is 0.133 e. The molecule has 1 fully saturated rings. The molecule has 4 rings (SSSR count). The molecule has 1 aliphatic carbocycles. The number of benzene rings is 1. The zero-order valence-corrected chi connectivity index (χ0v) is 16.3. The average molecular weight is 389 g/mol. The van der Waals surface area contributed by atoms with E-state index >= 15 is 0 Å². The third kappa shape index (κ3) is 2.57. The Bertz CT molecular complexity index is 855. The van der Waals surface area contributed by atoms with Crippen molar-refractivity contribution in [2.75, 3.05) is 13.7 Å². The van der Waals surface area contributed by atoms with E-state index in [-0.39, 0.29) is 12.0 Å². The van der Waals surface area contributed by atoms with E-state index < -0.39 is 0 Å². The molecule has 0 bridgehead atoms. The fourth-order valence-electron chi connectivity index (χ4n) is 4.63. The van der Waals surface area contributed by atoms with E-state index in [1.165, 1.54) is 5.70 Å². The predicted octanol–water partition coefficient (Wildman–Crippen LogP) is 4.90. The third-order valence-corrected chi connectivity index (χ3v) is 6.48. The predicted molar refractivity (Wildman–Crippen MR) is 108 cm³/mol. The van der Waals surface area contributed by atoms with Gasteiger partial charge in [-0.15, -0.1) is 0 Å². The summed E-state index contributed by atoms with van der Waals surface area (Å²) >= 11 is 13.1. The van der Waals surface area contributed by atoms with Gasteiger partial charge in [-0.25, -0.2) is 4.99 Å². The third-order valence-electron chi connectivity index (χ3n) is 5.86. The lowest BCUT2D eigenvalue weighted by molar-refractivity contribution is 0.204. The average Bonchev–Trinajstić information content (AvgIpc) is 2.85. The maximum Gasteiger partial charge on any atom is 0.133 e. The minimum Gasteiger partial charge on any atom is -0.396 e. The van der Waals surface area contributed by atoms with Crippen molar-refractivity contribution in [2.45, 2.75) is 31.7 Å². The highest BCUT2D eigenvalue weighted by atomic mass is 35.5. The topological polar surface area (TPSA) is 35.8 Å². The summed E-state index contributed by atoms with van der Waals surface area (Å²) < 4.78 is 0. The maximum atomic E-state index is 9.49. The van der Waals surface area contributed by atoms with Crippen LogP contribution in [-0.4, -0.2) is 35.4 Å². The Morgan fingerprint density at radius 3 is 2.88 bits per heavy atom. The lowest BCUT2D eigenvalue weighted by Crippen LogP contribution is -2.42. The van der Waals surface area contributed by atoms with Crippen molar-refractivity contribution in [3.05, 3.63) is 69.5 Å². The molecule has 1 aromatic carbocycles. The van der Waals surface area contributed by atoms with Gasteiger partial charge in [0.1, 0.15) is 5.16 Å². The maximum absolute atomic E-state index is 9.49. The molecule has 0 saturated carbocycles.